The number of hydrogen-bond donors (Lipinski definition) is 2. The molecule has 108 valence electrons. The Morgan fingerprint density at radius 3 is 2.81 bits per heavy atom. The van der Waals surface area contributed by atoms with Crippen molar-refractivity contribution >= 4 is 27.7 Å². The maximum Gasteiger partial charge on any atom is 0.274 e. The minimum absolute atomic E-state index is 0.222. The van der Waals surface area contributed by atoms with Gasteiger partial charge in [0.1, 0.15) is 10.3 Å². The number of H-pyrrole nitrogens is 1. The quantitative estimate of drug-likeness (QED) is 0.817. The highest BCUT2D eigenvalue weighted by Crippen LogP contribution is 2.11. The summed E-state index contributed by atoms with van der Waals surface area (Å²) in [5.41, 5.74) is 1.51. The standard InChI is InChI=1S/C15H15BrN4O/c1-20(9-11-5-3-2-4-6-11)10-12(7-17)14-15(21)18-8-13(16)19-14/h2-8,10,17H,9H2,1H3,(H,18,21)/b12-10-,17-7?. The van der Waals surface area contributed by atoms with Crippen LogP contribution in [0.15, 0.2) is 52.1 Å². The van der Waals surface area contributed by atoms with Crippen molar-refractivity contribution in [3.05, 3.63) is 68.9 Å². The van der Waals surface area contributed by atoms with E-state index in [1.165, 1.54) is 6.20 Å². The van der Waals surface area contributed by atoms with Gasteiger partial charge in [0.2, 0.25) is 0 Å². The topological polar surface area (TPSA) is 72.8 Å². The summed E-state index contributed by atoms with van der Waals surface area (Å²) in [6.07, 6.45) is 4.34. The van der Waals surface area contributed by atoms with Crippen molar-refractivity contribution < 1.29 is 0 Å². The molecular formula is C15H15BrN4O. The third kappa shape index (κ3) is 4.13. The predicted octanol–water partition coefficient (Wildman–Crippen LogP) is 2.65. The number of aromatic nitrogens is 2. The molecule has 0 aliphatic carbocycles. The predicted molar refractivity (Wildman–Crippen MR) is 87.2 cm³/mol. The molecule has 0 aliphatic rings. The fourth-order valence-corrected chi connectivity index (χ4v) is 2.19. The van der Waals surface area contributed by atoms with Gasteiger partial charge >= 0.3 is 0 Å². The van der Waals surface area contributed by atoms with Crippen LogP contribution < -0.4 is 5.56 Å². The zero-order valence-corrected chi connectivity index (χ0v) is 13.1. The summed E-state index contributed by atoms with van der Waals surface area (Å²) in [6, 6.07) is 9.97. The van der Waals surface area contributed by atoms with Crippen molar-refractivity contribution in [2.45, 2.75) is 6.54 Å². The van der Waals surface area contributed by atoms with Crippen LogP contribution in [0, 0.1) is 5.41 Å². The minimum atomic E-state index is -0.318. The number of benzene rings is 1. The van der Waals surface area contributed by atoms with Crippen LogP contribution in [0.5, 0.6) is 0 Å². The van der Waals surface area contributed by atoms with Crippen molar-refractivity contribution in [3.63, 3.8) is 0 Å². The molecule has 0 radical (unpaired) electrons. The van der Waals surface area contributed by atoms with Crippen molar-refractivity contribution in [3.8, 4) is 0 Å². The average molecular weight is 347 g/mol. The number of hydrogen-bond acceptors (Lipinski definition) is 4. The van der Waals surface area contributed by atoms with Crippen LogP contribution in [0.3, 0.4) is 0 Å². The van der Waals surface area contributed by atoms with Crippen LogP contribution in [-0.4, -0.2) is 28.1 Å². The zero-order valence-electron chi connectivity index (χ0n) is 11.5. The summed E-state index contributed by atoms with van der Waals surface area (Å²) >= 11 is 3.22. The number of aromatic amines is 1. The highest BCUT2D eigenvalue weighted by molar-refractivity contribution is 9.10. The normalized spacial score (nSPS) is 11.2. The molecule has 5 nitrogen and oxygen atoms in total. The van der Waals surface area contributed by atoms with Gasteiger partial charge in [0.05, 0.1) is 0 Å². The lowest BCUT2D eigenvalue weighted by Crippen LogP contribution is -2.17. The van der Waals surface area contributed by atoms with E-state index in [0.29, 0.717) is 16.7 Å². The summed E-state index contributed by atoms with van der Waals surface area (Å²) in [6.45, 7) is 0.685. The van der Waals surface area contributed by atoms with Crippen LogP contribution in [0.4, 0.5) is 0 Å². The Balaban J connectivity index is 2.26. The summed E-state index contributed by atoms with van der Waals surface area (Å²) in [7, 11) is 1.89. The summed E-state index contributed by atoms with van der Waals surface area (Å²) in [5.74, 6) is 0. The fourth-order valence-electron chi connectivity index (χ4n) is 1.90. The van der Waals surface area contributed by atoms with Crippen LogP contribution in [0.25, 0.3) is 5.57 Å². The van der Waals surface area contributed by atoms with Gasteiger partial charge in [-0.05, 0) is 21.5 Å². The Morgan fingerprint density at radius 2 is 2.14 bits per heavy atom. The first-order valence-electron chi connectivity index (χ1n) is 6.32. The molecule has 1 aromatic heterocycles. The molecule has 0 fully saturated rings. The van der Waals surface area contributed by atoms with Gasteiger partial charge in [0.15, 0.2) is 0 Å². The van der Waals surface area contributed by atoms with E-state index in [1.807, 2.05) is 42.3 Å². The van der Waals surface area contributed by atoms with Crippen LogP contribution in [-0.2, 0) is 6.54 Å². The molecule has 2 N–H and O–H groups in total. The summed E-state index contributed by atoms with van der Waals surface area (Å²) in [4.78, 5) is 20.4. The molecule has 0 atom stereocenters. The lowest BCUT2D eigenvalue weighted by atomic mass is 10.2. The van der Waals surface area contributed by atoms with E-state index in [9.17, 15) is 4.79 Å². The van der Waals surface area contributed by atoms with Crippen molar-refractivity contribution in [1.29, 1.82) is 5.41 Å². The number of halogens is 1. The molecule has 1 heterocycles. The van der Waals surface area contributed by atoms with E-state index >= 15 is 0 Å². The largest absolute Gasteiger partial charge is 0.376 e. The molecule has 2 rings (SSSR count). The smallest absolute Gasteiger partial charge is 0.274 e. The summed E-state index contributed by atoms with van der Waals surface area (Å²) < 4.78 is 0.524. The van der Waals surface area contributed by atoms with E-state index in [2.05, 4.69) is 25.9 Å². The molecule has 2 aromatic rings. The molecule has 0 unspecified atom stereocenters. The number of rotatable bonds is 5. The van der Waals surface area contributed by atoms with E-state index in [1.54, 1.807) is 6.20 Å². The zero-order chi connectivity index (χ0) is 15.2. The first-order valence-corrected chi connectivity index (χ1v) is 7.11. The molecule has 1 aromatic carbocycles. The Morgan fingerprint density at radius 1 is 1.43 bits per heavy atom. The second-order valence-corrected chi connectivity index (χ2v) is 5.34. The number of allylic oxidation sites excluding steroid dienone is 1. The highest BCUT2D eigenvalue weighted by Gasteiger charge is 2.08. The van der Waals surface area contributed by atoms with Gasteiger partial charge in [0.25, 0.3) is 5.56 Å². The second-order valence-electron chi connectivity index (χ2n) is 4.53. The van der Waals surface area contributed by atoms with E-state index in [-0.39, 0.29) is 11.3 Å². The van der Waals surface area contributed by atoms with Gasteiger partial charge in [-0.3, -0.25) is 4.79 Å². The fraction of sp³-hybridized carbons (Fsp3) is 0.133. The Kier molecular flexibility index (Phi) is 5.05. The van der Waals surface area contributed by atoms with Crippen LogP contribution >= 0.6 is 15.9 Å². The minimum Gasteiger partial charge on any atom is -0.376 e. The molecule has 0 spiro atoms. The summed E-state index contributed by atoms with van der Waals surface area (Å²) in [5, 5.41) is 7.51. The monoisotopic (exact) mass is 346 g/mol. The lowest BCUT2D eigenvalue weighted by molar-refractivity contribution is 0.453. The molecule has 0 bridgehead atoms. The average Bonchev–Trinajstić information content (AvgIpc) is 2.48. The van der Waals surface area contributed by atoms with Crippen molar-refractivity contribution in [2.24, 2.45) is 0 Å². The van der Waals surface area contributed by atoms with E-state index < -0.39 is 0 Å². The second kappa shape index (κ2) is 6.99. The van der Waals surface area contributed by atoms with Gasteiger partial charge in [0, 0.05) is 37.8 Å². The van der Waals surface area contributed by atoms with Gasteiger partial charge < -0.3 is 15.3 Å². The molecule has 21 heavy (non-hydrogen) atoms. The van der Waals surface area contributed by atoms with Gasteiger partial charge in [-0.25, -0.2) is 4.98 Å². The first-order chi connectivity index (χ1) is 10.1. The van der Waals surface area contributed by atoms with Crippen molar-refractivity contribution in [2.75, 3.05) is 7.05 Å². The van der Waals surface area contributed by atoms with E-state index in [4.69, 9.17) is 5.41 Å². The first kappa shape index (κ1) is 15.2. The van der Waals surface area contributed by atoms with Gasteiger partial charge in [-0.1, -0.05) is 30.3 Å². The third-order valence-corrected chi connectivity index (χ3v) is 3.23. The molecule has 0 amide bonds. The maximum atomic E-state index is 11.8. The number of nitrogens with one attached hydrogen (secondary N) is 2. The van der Waals surface area contributed by atoms with Gasteiger partial charge in [-0.15, -0.1) is 0 Å². The third-order valence-electron chi connectivity index (χ3n) is 2.82. The Bertz CT molecular complexity index is 709. The Labute approximate surface area is 131 Å². The maximum absolute atomic E-state index is 11.8. The molecular weight excluding hydrogens is 332 g/mol. The van der Waals surface area contributed by atoms with Crippen molar-refractivity contribution in [1.82, 2.24) is 14.9 Å². The SMILES string of the molecule is CN(/C=C(/C=N)c1nc(Br)c[nH]c1=O)Cc1ccccc1. The van der Waals surface area contributed by atoms with Crippen LogP contribution in [0.1, 0.15) is 11.3 Å². The van der Waals surface area contributed by atoms with E-state index in [0.717, 1.165) is 11.8 Å². The highest BCUT2D eigenvalue weighted by atomic mass is 79.9. The van der Waals surface area contributed by atoms with Crippen LogP contribution in [0.2, 0.25) is 0 Å². The molecule has 0 aliphatic heterocycles. The molecule has 6 heteroatoms. The lowest BCUT2D eigenvalue weighted by Gasteiger charge is -2.15. The molecule has 0 saturated heterocycles. The Hall–Kier alpha value is -2.21. The number of nitrogens with zero attached hydrogens (tertiary/aromatic N) is 2. The molecule has 0 saturated carbocycles. The van der Waals surface area contributed by atoms with Gasteiger partial charge in [-0.2, -0.15) is 0 Å².